The summed E-state index contributed by atoms with van der Waals surface area (Å²) in [5, 5.41) is 25.6. The van der Waals surface area contributed by atoms with Crippen LogP contribution in [0.5, 0.6) is 0 Å². The highest BCUT2D eigenvalue weighted by Crippen LogP contribution is 2.46. The Labute approximate surface area is 255 Å². The molecule has 0 aliphatic carbocycles. The third-order valence-electron chi connectivity index (χ3n) is 8.14. The summed E-state index contributed by atoms with van der Waals surface area (Å²) in [6, 6.07) is 3.35. The van der Waals surface area contributed by atoms with E-state index >= 15 is 0 Å². The smallest absolute Gasteiger partial charge is 0.387 e. The molecule has 1 unspecified atom stereocenters. The van der Waals surface area contributed by atoms with Crippen molar-refractivity contribution in [2.24, 2.45) is 0 Å². The minimum absolute atomic E-state index is 0.0292. The molecule has 0 spiro atoms. The van der Waals surface area contributed by atoms with E-state index in [2.05, 4.69) is 17.0 Å². The maximum Gasteiger partial charge on any atom is 0.472 e. The number of fused-ring (bicyclic) bond motifs is 1. The van der Waals surface area contributed by atoms with Crippen LogP contribution in [0.2, 0.25) is 0 Å². The van der Waals surface area contributed by atoms with Gasteiger partial charge in [-0.1, -0.05) is 77.6 Å². The summed E-state index contributed by atoms with van der Waals surface area (Å²) in [6.45, 7) is 4.72. The zero-order chi connectivity index (χ0) is 31.1. The quantitative estimate of drug-likeness (QED) is 0.0932. The van der Waals surface area contributed by atoms with Gasteiger partial charge in [-0.25, -0.2) is 14.1 Å². The molecule has 2 aromatic heterocycles. The first-order valence-corrected chi connectivity index (χ1v) is 17.5. The zero-order valence-electron chi connectivity index (χ0n) is 25.9. The van der Waals surface area contributed by atoms with E-state index in [4.69, 9.17) is 24.3 Å². The molecule has 13 heteroatoms. The molecule has 246 valence electrons. The summed E-state index contributed by atoms with van der Waals surface area (Å²) in [7, 11) is -4.39. The first-order chi connectivity index (χ1) is 20.7. The minimum atomic E-state index is -4.39. The Morgan fingerprint density at radius 3 is 2.16 bits per heavy atom. The summed E-state index contributed by atoms with van der Waals surface area (Å²) in [6.07, 6.45) is 14.4. The number of hydrogen-bond acceptors (Lipinski definition) is 10. The molecule has 1 aliphatic rings. The number of phosphoric acid groups is 1. The molecule has 2 aromatic rings. The van der Waals surface area contributed by atoms with Crippen molar-refractivity contribution in [3.8, 4) is 0 Å². The number of aliphatic hydroxyl groups is 2. The SMILES string of the molecule is CCCCCCCCCCCCCCOCCCCOP(=O)(O)OC[C@H]1O[C@@](C)(c2ccc3c(N)ncnn23)[C@H](O)[C@@H]1O. The molecule has 5 N–H and O–H groups in total. The van der Waals surface area contributed by atoms with Gasteiger partial charge < -0.3 is 30.3 Å². The number of phosphoric ester groups is 1. The fourth-order valence-electron chi connectivity index (χ4n) is 5.49. The summed E-state index contributed by atoms with van der Waals surface area (Å²) in [4.78, 5) is 14.0. The number of hydrogen-bond donors (Lipinski definition) is 4. The number of aliphatic hydroxyl groups excluding tert-OH is 2. The second-order valence-electron chi connectivity index (χ2n) is 11.7. The lowest BCUT2D eigenvalue weighted by Crippen LogP contribution is -2.39. The number of rotatable bonds is 23. The minimum Gasteiger partial charge on any atom is -0.387 e. The third kappa shape index (κ3) is 11.0. The fraction of sp³-hybridized carbons (Fsp3) is 0.800. The van der Waals surface area contributed by atoms with Gasteiger partial charge in [0.05, 0.1) is 18.9 Å². The van der Waals surface area contributed by atoms with Crippen LogP contribution < -0.4 is 5.73 Å². The molecule has 1 saturated heterocycles. The van der Waals surface area contributed by atoms with Crippen molar-refractivity contribution in [1.29, 1.82) is 0 Å². The fourth-order valence-corrected chi connectivity index (χ4v) is 6.26. The van der Waals surface area contributed by atoms with Gasteiger partial charge in [-0.3, -0.25) is 9.05 Å². The van der Waals surface area contributed by atoms with Crippen LogP contribution in [0, 0.1) is 0 Å². The maximum absolute atomic E-state index is 12.4. The zero-order valence-corrected chi connectivity index (χ0v) is 26.8. The highest BCUT2D eigenvalue weighted by molar-refractivity contribution is 7.47. The highest BCUT2D eigenvalue weighted by atomic mass is 31.2. The van der Waals surface area contributed by atoms with Crippen molar-refractivity contribution >= 4 is 19.2 Å². The molecular formula is C30H53N4O8P. The predicted molar refractivity (Wildman–Crippen MR) is 164 cm³/mol. The van der Waals surface area contributed by atoms with Gasteiger partial charge in [0, 0.05) is 13.2 Å². The van der Waals surface area contributed by atoms with Crippen LogP contribution in [0.25, 0.3) is 5.52 Å². The van der Waals surface area contributed by atoms with Gasteiger partial charge >= 0.3 is 7.82 Å². The maximum atomic E-state index is 12.4. The molecule has 43 heavy (non-hydrogen) atoms. The first kappa shape index (κ1) is 35.8. The second-order valence-corrected chi connectivity index (χ2v) is 13.1. The normalized spacial score (nSPS) is 23.7. The Morgan fingerprint density at radius 2 is 1.51 bits per heavy atom. The number of nitrogen functional groups attached to an aromatic ring is 1. The number of nitrogens with zero attached hydrogens (tertiary/aromatic N) is 3. The molecule has 1 fully saturated rings. The Hall–Kier alpha value is -1.63. The van der Waals surface area contributed by atoms with Gasteiger partial charge in [0.15, 0.2) is 5.82 Å². The Bertz CT molecular complexity index is 1120. The van der Waals surface area contributed by atoms with Gasteiger partial charge in [-0.05, 0) is 38.3 Å². The third-order valence-corrected chi connectivity index (χ3v) is 9.12. The molecule has 3 rings (SSSR count). The molecule has 0 bridgehead atoms. The van der Waals surface area contributed by atoms with Crippen molar-refractivity contribution in [2.75, 3.05) is 32.2 Å². The summed E-state index contributed by atoms with van der Waals surface area (Å²) in [5.74, 6) is 0.252. The van der Waals surface area contributed by atoms with E-state index < -0.39 is 38.3 Å². The molecule has 0 aromatic carbocycles. The van der Waals surface area contributed by atoms with Crippen LogP contribution in [-0.4, -0.2) is 74.4 Å². The lowest BCUT2D eigenvalue weighted by molar-refractivity contribution is -0.0888. The molecule has 0 radical (unpaired) electrons. The van der Waals surface area contributed by atoms with Gasteiger partial charge in [0.1, 0.15) is 35.8 Å². The van der Waals surface area contributed by atoms with Crippen molar-refractivity contribution < 1.29 is 38.2 Å². The molecule has 3 heterocycles. The lowest BCUT2D eigenvalue weighted by Gasteiger charge is -2.27. The highest BCUT2D eigenvalue weighted by Gasteiger charge is 2.54. The van der Waals surface area contributed by atoms with Crippen LogP contribution in [0.4, 0.5) is 5.82 Å². The van der Waals surface area contributed by atoms with Gasteiger partial charge in [0.2, 0.25) is 0 Å². The van der Waals surface area contributed by atoms with Crippen LogP contribution in [-0.2, 0) is 28.7 Å². The predicted octanol–water partition coefficient (Wildman–Crippen LogP) is 5.28. The molecule has 12 nitrogen and oxygen atoms in total. The van der Waals surface area contributed by atoms with Gasteiger partial charge in [0.25, 0.3) is 0 Å². The van der Waals surface area contributed by atoms with Crippen LogP contribution in [0.1, 0.15) is 109 Å². The average molecular weight is 629 g/mol. The van der Waals surface area contributed by atoms with Crippen molar-refractivity contribution in [3.05, 3.63) is 24.2 Å². The van der Waals surface area contributed by atoms with Crippen LogP contribution >= 0.6 is 7.82 Å². The lowest BCUT2D eigenvalue weighted by atomic mass is 9.93. The Kier molecular flexibility index (Phi) is 15.3. The van der Waals surface area contributed by atoms with Gasteiger partial charge in [-0.15, -0.1) is 0 Å². The number of nitrogens with two attached hydrogens (primary N) is 1. The molecule has 0 amide bonds. The Balaban J connectivity index is 1.22. The standard InChI is InChI=1S/C30H53N4O8P/c1-3-4-5-6-7-8-9-10-11-12-13-14-19-39-20-15-16-21-40-43(37,38)41-22-25-27(35)28(36)30(2,42-25)26-18-17-24-29(31)32-23-33-34(24)26/h17-18,23,25,27-28,35-36H,3-16,19-22H2,1-2H3,(H,37,38)(H2,31,32,33)/t25-,27-,28-,30+/m1/s1. The van der Waals surface area contributed by atoms with Crippen LogP contribution in [0.15, 0.2) is 18.5 Å². The number of ether oxygens (including phenoxy) is 2. The average Bonchev–Trinajstić information content (AvgIpc) is 3.52. The first-order valence-electron chi connectivity index (χ1n) is 16.0. The molecular weight excluding hydrogens is 575 g/mol. The number of aromatic nitrogens is 3. The largest absolute Gasteiger partial charge is 0.472 e. The molecule has 1 aliphatic heterocycles. The Morgan fingerprint density at radius 1 is 0.930 bits per heavy atom. The topological polar surface area (TPSA) is 171 Å². The van der Waals surface area contributed by atoms with Crippen molar-refractivity contribution in [2.45, 2.75) is 128 Å². The van der Waals surface area contributed by atoms with Crippen molar-refractivity contribution in [1.82, 2.24) is 14.6 Å². The molecule has 0 saturated carbocycles. The monoisotopic (exact) mass is 628 g/mol. The van der Waals surface area contributed by atoms with E-state index in [0.717, 1.165) is 13.0 Å². The second kappa shape index (κ2) is 18.4. The van der Waals surface area contributed by atoms with Gasteiger partial charge in [-0.2, -0.15) is 5.10 Å². The van der Waals surface area contributed by atoms with Crippen LogP contribution in [0.3, 0.4) is 0 Å². The summed E-state index contributed by atoms with van der Waals surface area (Å²) < 4.78 is 35.6. The summed E-state index contributed by atoms with van der Waals surface area (Å²) in [5.41, 5.74) is 5.47. The van der Waals surface area contributed by atoms with E-state index in [9.17, 15) is 19.7 Å². The number of unbranched alkanes of at least 4 members (excludes halogenated alkanes) is 12. The van der Waals surface area contributed by atoms with E-state index in [0.29, 0.717) is 30.7 Å². The summed E-state index contributed by atoms with van der Waals surface area (Å²) >= 11 is 0. The van der Waals surface area contributed by atoms with Crippen molar-refractivity contribution in [3.63, 3.8) is 0 Å². The van der Waals surface area contributed by atoms with E-state index in [1.54, 1.807) is 19.1 Å². The number of anilines is 1. The van der Waals surface area contributed by atoms with E-state index in [1.165, 1.54) is 81.5 Å². The molecule has 5 atom stereocenters. The van der Waals surface area contributed by atoms with E-state index in [1.807, 2.05) is 0 Å². The van der Waals surface area contributed by atoms with E-state index in [-0.39, 0.29) is 12.4 Å².